The Morgan fingerprint density at radius 1 is 1.23 bits per heavy atom. The minimum atomic E-state index is 0.110. The van der Waals surface area contributed by atoms with Crippen LogP contribution in [0.25, 0.3) is 0 Å². The Hall–Kier alpha value is -1.23. The zero-order valence-corrected chi connectivity index (χ0v) is 14.5. The summed E-state index contributed by atoms with van der Waals surface area (Å²) in [7, 11) is 0. The molecule has 0 bridgehead atoms. The number of aromatic nitrogens is 1. The number of nitrogens with one attached hydrogen (secondary N) is 1. The summed E-state index contributed by atoms with van der Waals surface area (Å²) in [6, 6.07) is 10.7. The Morgan fingerprint density at radius 3 is 2.55 bits per heavy atom. The van der Waals surface area contributed by atoms with Crippen LogP contribution in [-0.4, -0.2) is 16.7 Å². The van der Waals surface area contributed by atoms with E-state index in [1.807, 2.05) is 12.3 Å². The van der Waals surface area contributed by atoms with Crippen molar-refractivity contribution in [2.75, 3.05) is 6.61 Å². The molecule has 0 aliphatic carbocycles. The fourth-order valence-corrected chi connectivity index (χ4v) is 3.25. The lowest BCUT2D eigenvalue weighted by atomic mass is 9.98. The van der Waals surface area contributed by atoms with E-state index in [0.717, 1.165) is 19.4 Å². The number of nitrogens with zero attached hydrogens (tertiary/aromatic N) is 1. The number of benzene rings is 1. The van der Waals surface area contributed by atoms with E-state index in [2.05, 4.69) is 55.3 Å². The first-order valence-corrected chi connectivity index (χ1v) is 8.66. The molecule has 22 heavy (non-hydrogen) atoms. The van der Waals surface area contributed by atoms with Crippen molar-refractivity contribution in [3.05, 3.63) is 52.0 Å². The van der Waals surface area contributed by atoms with Crippen molar-refractivity contribution in [2.45, 2.75) is 51.6 Å². The first kappa shape index (κ1) is 17.1. The van der Waals surface area contributed by atoms with Crippen molar-refractivity contribution in [1.82, 2.24) is 10.3 Å². The number of rotatable bonds is 7. The lowest BCUT2D eigenvalue weighted by Gasteiger charge is -2.18. The highest BCUT2D eigenvalue weighted by Gasteiger charge is 2.18. The van der Waals surface area contributed by atoms with Crippen LogP contribution in [-0.2, 0) is 12.0 Å². The maximum atomic E-state index is 9.10. The van der Waals surface area contributed by atoms with Gasteiger partial charge in [0.25, 0.3) is 0 Å². The zero-order chi connectivity index (χ0) is 16.0. The second kappa shape index (κ2) is 7.86. The molecule has 0 saturated carbocycles. The Bertz CT molecular complexity index is 560. The fraction of sp³-hybridized carbons (Fsp3) is 0.500. The van der Waals surface area contributed by atoms with Crippen LogP contribution >= 0.6 is 11.3 Å². The molecule has 0 fully saturated rings. The molecule has 120 valence electrons. The van der Waals surface area contributed by atoms with Crippen molar-refractivity contribution in [3.8, 4) is 0 Å². The molecule has 3 nitrogen and oxygen atoms in total. The molecule has 1 atom stereocenters. The van der Waals surface area contributed by atoms with Gasteiger partial charge >= 0.3 is 0 Å². The van der Waals surface area contributed by atoms with Gasteiger partial charge in [0.1, 0.15) is 0 Å². The Balaban J connectivity index is 2.00. The summed E-state index contributed by atoms with van der Waals surface area (Å²) in [5, 5.41) is 13.9. The van der Waals surface area contributed by atoms with Crippen LogP contribution in [0.15, 0.2) is 36.5 Å². The van der Waals surface area contributed by atoms with Gasteiger partial charge in [-0.1, -0.05) is 51.1 Å². The van der Waals surface area contributed by atoms with Crippen molar-refractivity contribution >= 4 is 11.3 Å². The molecule has 1 aromatic carbocycles. The molecule has 2 rings (SSSR count). The molecule has 0 saturated heterocycles. The van der Waals surface area contributed by atoms with Crippen LogP contribution in [0.5, 0.6) is 0 Å². The summed E-state index contributed by atoms with van der Waals surface area (Å²) in [6.45, 7) is 7.63. The third-order valence-electron chi connectivity index (χ3n) is 3.57. The predicted octanol–water partition coefficient (Wildman–Crippen LogP) is 4.04. The summed E-state index contributed by atoms with van der Waals surface area (Å²) in [5.74, 6) is 0. The quantitative estimate of drug-likeness (QED) is 0.809. The standard InChI is InChI=1S/C18H26N2OS/c1-18(2,3)17-20-13-15(22-17)12-19-16(10-7-11-21)14-8-5-4-6-9-14/h4-6,8-9,13,16,19,21H,7,10-12H2,1-3H3. The first-order valence-electron chi connectivity index (χ1n) is 7.85. The number of thiazole rings is 1. The Labute approximate surface area is 137 Å². The molecule has 2 N–H and O–H groups in total. The van der Waals surface area contributed by atoms with Crippen molar-refractivity contribution in [3.63, 3.8) is 0 Å². The van der Waals surface area contributed by atoms with Gasteiger partial charge < -0.3 is 10.4 Å². The van der Waals surface area contributed by atoms with E-state index in [9.17, 15) is 0 Å². The van der Waals surface area contributed by atoms with E-state index in [1.54, 1.807) is 11.3 Å². The second-order valence-corrected chi connectivity index (χ2v) is 7.71. The van der Waals surface area contributed by atoms with Gasteiger partial charge in [-0.3, -0.25) is 0 Å². The maximum Gasteiger partial charge on any atom is 0.0981 e. The molecule has 0 aliphatic rings. The predicted molar refractivity (Wildman–Crippen MR) is 93.2 cm³/mol. The largest absolute Gasteiger partial charge is 0.396 e. The summed E-state index contributed by atoms with van der Waals surface area (Å²) in [6.07, 6.45) is 3.72. The van der Waals surface area contributed by atoms with Crippen molar-refractivity contribution in [1.29, 1.82) is 0 Å². The van der Waals surface area contributed by atoms with Gasteiger partial charge in [-0.15, -0.1) is 11.3 Å². The van der Waals surface area contributed by atoms with E-state index < -0.39 is 0 Å². The lowest BCUT2D eigenvalue weighted by Crippen LogP contribution is -2.20. The third kappa shape index (κ3) is 4.90. The number of aliphatic hydroxyl groups excluding tert-OH is 1. The molecule has 0 spiro atoms. The summed E-state index contributed by atoms with van der Waals surface area (Å²) < 4.78 is 0. The SMILES string of the molecule is CC(C)(C)c1ncc(CNC(CCCO)c2ccccc2)s1. The molecule has 1 heterocycles. The molecular formula is C18H26N2OS. The molecule has 1 unspecified atom stereocenters. The molecule has 1 aromatic heterocycles. The Morgan fingerprint density at radius 2 is 1.95 bits per heavy atom. The second-order valence-electron chi connectivity index (χ2n) is 6.59. The van der Waals surface area contributed by atoms with E-state index in [0.29, 0.717) is 0 Å². The van der Waals surface area contributed by atoms with Crippen LogP contribution in [0.4, 0.5) is 0 Å². The molecule has 0 amide bonds. The average Bonchev–Trinajstić information content (AvgIpc) is 2.97. The van der Waals surface area contributed by atoms with Gasteiger partial charge in [-0.25, -0.2) is 4.98 Å². The summed E-state index contributed by atoms with van der Waals surface area (Å²) in [5.41, 5.74) is 1.38. The van der Waals surface area contributed by atoms with Crippen LogP contribution < -0.4 is 5.32 Å². The van der Waals surface area contributed by atoms with Crippen molar-refractivity contribution in [2.24, 2.45) is 0 Å². The number of aliphatic hydroxyl groups is 1. The van der Waals surface area contributed by atoms with E-state index in [-0.39, 0.29) is 18.1 Å². The highest BCUT2D eigenvalue weighted by Crippen LogP contribution is 2.27. The van der Waals surface area contributed by atoms with Crippen LogP contribution in [0.2, 0.25) is 0 Å². The Kier molecular flexibility index (Phi) is 6.12. The summed E-state index contributed by atoms with van der Waals surface area (Å²) in [4.78, 5) is 5.80. The minimum absolute atomic E-state index is 0.110. The third-order valence-corrected chi connectivity index (χ3v) is 4.99. The molecule has 4 heteroatoms. The summed E-state index contributed by atoms with van der Waals surface area (Å²) >= 11 is 1.78. The van der Waals surface area contributed by atoms with Crippen molar-refractivity contribution < 1.29 is 5.11 Å². The van der Waals surface area contributed by atoms with Crippen LogP contribution in [0.3, 0.4) is 0 Å². The van der Waals surface area contributed by atoms with Crippen LogP contribution in [0, 0.1) is 0 Å². The highest BCUT2D eigenvalue weighted by atomic mass is 32.1. The topological polar surface area (TPSA) is 45.2 Å². The maximum absolute atomic E-state index is 9.10. The van der Waals surface area contributed by atoms with E-state index in [4.69, 9.17) is 5.11 Å². The fourth-order valence-electron chi connectivity index (χ4n) is 2.33. The number of hydrogen-bond donors (Lipinski definition) is 2. The average molecular weight is 318 g/mol. The molecular weight excluding hydrogens is 292 g/mol. The zero-order valence-electron chi connectivity index (χ0n) is 13.7. The van der Waals surface area contributed by atoms with Gasteiger partial charge in [-0.2, -0.15) is 0 Å². The smallest absolute Gasteiger partial charge is 0.0981 e. The van der Waals surface area contributed by atoms with Gasteiger partial charge in [0.05, 0.1) is 5.01 Å². The normalized spacial score (nSPS) is 13.3. The molecule has 0 radical (unpaired) electrons. The van der Waals surface area contributed by atoms with Gasteiger partial charge in [0.15, 0.2) is 0 Å². The number of hydrogen-bond acceptors (Lipinski definition) is 4. The minimum Gasteiger partial charge on any atom is -0.396 e. The van der Waals surface area contributed by atoms with Gasteiger partial charge in [0, 0.05) is 35.7 Å². The molecule has 2 aromatic rings. The van der Waals surface area contributed by atoms with E-state index >= 15 is 0 Å². The first-order chi connectivity index (χ1) is 10.5. The highest BCUT2D eigenvalue weighted by molar-refractivity contribution is 7.11. The van der Waals surface area contributed by atoms with Crippen LogP contribution in [0.1, 0.15) is 55.1 Å². The lowest BCUT2D eigenvalue weighted by molar-refractivity contribution is 0.275. The van der Waals surface area contributed by atoms with E-state index in [1.165, 1.54) is 15.4 Å². The molecule has 0 aliphatic heterocycles. The van der Waals surface area contributed by atoms with Gasteiger partial charge in [0.2, 0.25) is 0 Å². The van der Waals surface area contributed by atoms with Gasteiger partial charge in [-0.05, 0) is 18.4 Å². The monoisotopic (exact) mass is 318 g/mol.